The van der Waals surface area contributed by atoms with E-state index in [1.165, 1.54) is 12.8 Å². The number of amides is 3. The highest BCUT2D eigenvalue weighted by Gasteiger charge is 2.40. The number of rotatable bonds is 3. The quantitative estimate of drug-likeness (QED) is 0.728. The van der Waals surface area contributed by atoms with Crippen molar-refractivity contribution in [3.05, 3.63) is 0 Å². The second-order valence-corrected chi connectivity index (χ2v) is 6.51. The molecule has 7 nitrogen and oxygen atoms in total. The number of nitrogens with zero attached hydrogens (tertiary/aromatic N) is 3. The number of carbonyl (C=O) groups is 3. The van der Waals surface area contributed by atoms with E-state index in [4.69, 9.17) is 0 Å². The average molecular weight is 308 g/mol. The molecular formula is C15H24N4O3. The second-order valence-electron chi connectivity index (χ2n) is 6.51. The molecule has 3 fully saturated rings. The van der Waals surface area contributed by atoms with E-state index in [9.17, 15) is 14.4 Å². The third-order valence-corrected chi connectivity index (χ3v) is 5.10. The Balaban J connectivity index is 1.57. The number of piperazine rings is 2. The second kappa shape index (κ2) is 6.24. The summed E-state index contributed by atoms with van der Waals surface area (Å²) >= 11 is 0. The van der Waals surface area contributed by atoms with Gasteiger partial charge in [-0.2, -0.15) is 0 Å². The van der Waals surface area contributed by atoms with E-state index >= 15 is 0 Å². The highest BCUT2D eigenvalue weighted by atomic mass is 16.2. The van der Waals surface area contributed by atoms with E-state index < -0.39 is 6.04 Å². The Morgan fingerprint density at radius 2 is 2.00 bits per heavy atom. The Bertz CT molecular complexity index is 475. The molecule has 1 saturated carbocycles. The minimum Gasteiger partial charge on any atom is -0.345 e. The van der Waals surface area contributed by atoms with E-state index in [-0.39, 0.29) is 24.3 Å². The maximum absolute atomic E-state index is 12.5. The Labute approximate surface area is 130 Å². The van der Waals surface area contributed by atoms with Crippen molar-refractivity contribution in [3.8, 4) is 0 Å². The normalized spacial score (nSPS) is 26.4. The molecule has 2 heterocycles. The number of fused-ring (bicyclic) bond motifs is 1. The van der Waals surface area contributed by atoms with Gasteiger partial charge in [-0.3, -0.25) is 19.3 Å². The maximum Gasteiger partial charge on any atom is 0.245 e. The van der Waals surface area contributed by atoms with E-state index in [1.54, 1.807) is 9.80 Å². The van der Waals surface area contributed by atoms with Crippen molar-refractivity contribution in [3.63, 3.8) is 0 Å². The van der Waals surface area contributed by atoms with Crippen molar-refractivity contribution in [2.24, 2.45) is 0 Å². The first-order valence-corrected chi connectivity index (χ1v) is 8.11. The van der Waals surface area contributed by atoms with Crippen LogP contribution < -0.4 is 5.32 Å². The zero-order valence-electron chi connectivity index (χ0n) is 13.1. The van der Waals surface area contributed by atoms with Gasteiger partial charge in [0, 0.05) is 19.1 Å². The van der Waals surface area contributed by atoms with Crippen LogP contribution in [0.15, 0.2) is 0 Å². The molecule has 1 unspecified atom stereocenters. The van der Waals surface area contributed by atoms with Crippen molar-refractivity contribution < 1.29 is 14.4 Å². The molecule has 2 saturated heterocycles. The molecule has 1 atom stereocenters. The smallest absolute Gasteiger partial charge is 0.245 e. The Morgan fingerprint density at radius 3 is 2.73 bits per heavy atom. The van der Waals surface area contributed by atoms with Gasteiger partial charge in [0.1, 0.15) is 6.04 Å². The lowest BCUT2D eigenvalue weighted by molar-refractivity contribution is -0.152. The molecule has 122 valence electrons. The highest BCUT2D eigenvalue weighted by molar-refractivity contribution is 5.95. The van der Waals surface area contributed by atoms with Gasteiger partial charge >= 0.3 is 0 Å². The molecule has 3 rings (SSSR count). The van der Waals surface area contributed by atoms with Crippen molar-refractivity contribution in [2.45, 2.75) is 37.8 Å². The molecule has 7 heteroatoms. The Morgan fingerprint density at radius 1 is 1.27 bits per heavy atom. The van der Waals surface area contributed by atoms with Crippen molar-refractivity contribution in [1.29, 1.82) is 0 Å². The predicted octanol–water partition coefficient (Wildman–Crippen LogP) is -0.970. The van der Waals surface area contributed by atoms with Gasteiger partial charge in [-0.25, -0.2) is 0 Å². The zero-order valence-corrected chi connectivity index (χ0v) is 13.1. The van der Waals surface area contributed by atoms with Crippen LogP contribution in [0, 0.1) is 0 Å². The topological polar surface area (TPSA) is 73.0 Å². The Kier molecular flexibility index (Phi) is 4.33. The van der Waals surface area contributed by atoms with Crippen LogP contribution in [0.1, 0.15) is 25.7 Å². The monoisotopic (exact) mass is 308 g/mol. The summed E-state index contributed by atoms with van der Waals surface area (Å²) < 4.78 is 0. The molecule has 1 aliphatic carbocycles. The van der Waals surface area contributed by atoms with E-state index in [2.05, 4.69) is 10.2 Å². The minimum atomic E-state index is -0.518. The lowest BCUT2D eigenvalue weighted by Gasteiger charge is -2.43. The van der Waals surface area contributed by atoms with Crippen LogP contribution in [0.5, 0.6) is 0 Å². The summed E-state index contributed by atoms with van der Waals surface area (Å²) in [5, 5.41) is 2.60. The van der Waals surface area contributed by atoms with Crippen LogP contribution in [-0.4, -0.2) is 84.3 Å². The summed E-state index contributed by atoms with van der Waals surface area (Å²) in [4.78, 5) is 41.7. The van der Waals surface area contributed by atoms with E-state index in [0.717, 1.165) is 12.8 Å². The first-order valence-electron chi connectivity index (χ1n) is 8.11. The molecule has 0 aromatic rings. The molecule has 0 radical (unpaired) electrons. The number of likely N-dealkylation sites (N-methyl/N-ethyl adjacent to an activating group) is 1. The van der Waals surface area contributed by atoms with Crippen LogP contribution in [0.25, 0.3) is 0 Å². The number of hydrogen-bond donors (Lipinski definition) is 1. The third-order valence-electron chi connectivity index (χ3n) is 5.10. The van der Waals surface area contributed by atoms with Gasteiger partial charge in [-0.05, 0) is 19.9 Å². The SMILES string of the molecule is CN(CC(=O)N1CCN2C(=O)CNC(=O)C2C1)C1CCCC1. The molecule has 3 amide bonds. The molecule has 0 spiro atoms. The fourth-order valence-electron chi connectivity index (χ4n) is 3.70. The standard InChI is InChI=1S/C15H24N4O3/c1-17(11-4-2-3-5-11)10-14(21)18-6-7-19-12(9-18)15(22)16-8-13(19)20/h11-12H,2-10H2,1H3,(H,16,22). The van der Waals surface area contributed by atoms with Crippen LogP contribution in [0.2, 0.25) is 0 Å². The van der Waals surface area contributed by atoms with Gasteiger partial charge in [-0.1, -0.05) is 12.8 Å². The molecule has 0 aromatic heterocycles. The summed E-state index contributed by atoms with van der Waals surface area (Å²) in [6.45, 7) is 1.76. The number of nitrogens with one attached hydrogen (secondary N) is 1. The van der Waals surface area contributed by atoms with E-state index in [1.807, 2.05) is 7.05 Å². The first-order chi connectivity index (χ1) is 10.6. The van der Waals surface area contributed by atoms with Gasteiger partial charge in [0.25, 0.3) is 0 Å². The van der Waals surface area contributed by atoms with Crippen LogP contribution in [-0.2, 0) is 14.4 Å². The van der Waals surface area contributed by atoms with Crippen LogP contribution >= 0.6 is 0 Å². The average Bonchev–Trinajstić information content (AvgIpc) is 3.05. The fraction of sp³-hybridized carbons (Fsp3) is 0.800. The van der Waals surface area contributed by atoms with Gasteiger partial charge in [-0.15, -0.1) is 0 Å². The van der Waals surface area contributed by atoms with E-state index in [0.29, 0.717) is 32.2 Å². The van der Waals surface area contributed by atoms with Crippen molar-refractivity contribution >= 4 is 17.7 Å². The molecular weight excluding hydrogens is 284 g/mol. The van der Waals surface area contributed by atoms with Crippen molar-refractivity contribution in [2.75, 3.05) is 39.8 Å². The molecule has 0 bridgehead atoms. The predicted molar refractivity (Wildman–Crippen MR) is 80.0 cm³/mol. The van der Waals surface area contributed by atoms with Gasteiger partial charge in [0.2, 0.25) is 17.7 Å². The summed E-state index contributed by atoms with van der Waals surface area (Å²) in [6, 6.07) is -0.0134. The summed E-state index contributed by atoms with van der Waals surface area (Å²) in [7, 11) is 2.00. The van der Waals surface area contributed by atoms with Gasteiger partial charge < -0.3 is 15.1 Å². The highest BCUT2D eigenvalue weighted by Crippen LogP contribution is 2.22. The van der Waals surface area contributed by atoms with Gasteiger partial charge in [0.05, 0.1) is 19.6 Å². The number of carbonyl (C=O) groups excluding carboxylic acids is 3. The van der Waals surface area contributed by atoms with Gasteiger partial charge in [0.15, 0.2) is 0 Å². The largest absolute Gasteiger partial charge is 0.345 e. The molecule has 22 heavy (non-hydrogen) atoms. The third kappa shape index (κ3) is 2.95. The molecule has 3 aliphatic rings. The number of hydrogen-bond acceptors (Lipinski definition) is 4. The molecule has 2 aliphatic heterocycles. The first kappa shape index (κ1) is 15.3. The molecule has 0 aromatic carbocycles. The van der Waals surface area contributed by atoms with Crippen LogP contribution in [0.3, 0.4) is 0 Å². The summed E-state index contributed by atoms with van der Waals surface area (Å²) in [6.07, 6.45) is 4.81. The summed E-state index contributed by atoms with van der Waals surface area (Å²) in [5.41, 5.74) is 0. The lowest BCUT2D eigenvalue weighted by atomic mass is 10.1. The maximum atomic E-state index is 12.5. The molecule has 1 N–H and O–H groups in total. The minimum absolute atomic E-state index is 0.0554. The summed E-state index contributed by atoms with van der Waals surface area (Å²) in [5.74, 6) is -0.152. The van der Waals surface area contributed by atoms with Crippen molar-refractivity contribution in [1.82, 2.24) is 20.0 Å². The lowest BCUT2D eigenvalue weighted by Crippen LogP contribution is -2.67. The van der Waals surface area contributed by atoms with Crippen LogP contribution in [0.4, 0.5) is 0 Å². The Hall–Kier alpha value is -1.63. The fourth-order valence-corrected chi connectivity index (χ4v) is 3.70. The zero-order chi connectivity index (χ0) is 15.7.